The van der Waals surface area contributed by atoms with Gasteiger partial charge in [0.2, 0.25) is 5.91 Å². The fraction of sp³-hybridized carbons (Fsp3) is 0.316. The van der Waals surface area contributed by atoms with Crippen LogP contribution in [0.4, 0.5) is 0 Å². The molecule has 1 fully saturated rings. The average Bonchev–Trinajstić information content (AvgIpc) is 3.05. The molecule has 3 rings (SSSR count). The molecule has 2 N–H and O–H groups in total. The molecular weight excluding hydrogens is 320 g/mol. The van der Waals surface area contributed by atoms with Crippen LogP contribution in [0, 0.1) is 0 Å². The molecule has 1 heterocycles. The van der Waals surface area contributed by atoms with Crippen molar-refractivity contribution in [3.63, 3.8) is 0 Å². The van der Waals surface area contributed by atoms with E-state index >= 15 is 0 Å². The summed E-state index contributed by atoms with van der Waals surface area (Å²) in [5.74, 6) is -1.12. The van der Waals surface area contributed by atoms with E-state index in [1.54, 1.807) is 0 Å². The van der Waals surface area contributed by atoms with Crippen molar-refractivity contribution in [1.82, 2.24) is 10.6 Å². The van der Waals surface area contributed by atoms with E-state index in [0.29, 0.717) is 12.8 Å². The fourth-order valence-electron chi connectivity index (χ4n) is 3.02. The second-order valence-corrected chi connectivity index (χ2v) is 6.12. The molecule has 2 aromatic carbocycles. The topological polar surface area (TPSA) is 84.5 Å². The van der Waals surface area contributed by atoms with Crippen LogP contribution >= 0.6 is 0 Å². The van der Waals surface area contributed by atoms with Gasteiger partial charge in [-0.05, 0) is 29.7 Å². The number of nitrogens with one attached hydrogen (secondary N) is 2. The summed E-state index contributed by atoms with van der Waals surface area (Å²) in [6.45, 7) is 1.53. The molecule has 1 saturated heterocycles. The van der Waals surface area contributed by atoms with E-state index in [1.165, 1.54) is 0 Å². The first-order chi connectivity index (χ1) is 12.0. The van der Waals surface area contributed by atoms with Crippen LogP contribution in [-0.4, -0.2) is 30.4 Å². The van der Waals surface area contributed by atoms with Crippen LogP contribution in [0.2, 0.25) is 0 Å². The Morgan fingerprint density at radius 2 is 2.00 bits per heavy atom. The summed E-state index contributed by atoms with van der Waals surface area (Å²) in [7, 11) is 0. The average molecular weight is 340 g/mol. The highest BCUT2D eigenvalue weighted by atomic mass is 16.5. The number of carbonyl (C=O) groups is 3. The Bertz CT molecular complexity index is 813. The Kier molecular flexibility index (Phi) is 4.97. The first-order valence-electron chi connectivity index (χ1n) is 8.27. The smallest absolute Gasteiger partial charge is 0.329 e. The molecule has 0 aromatic heterocycles. The van der Waals surface area contributed by atoms with Gasteiger partial charge >= 0.3 is 5.97 Å². The van der Waals surface area contributed by atoms with Crippen LogP contribution in [0.25, 0.3) is 10.8 Å². The van der Waals surface area contributed by atoms with Gasteiger partial charge < -0.3 is 15.4 Å². The number of amides is 2. The van der Waals surface area contributed by atoms with Gasteiger partial charge in [0, 0.05) is 6.42 Å². The van der Waals surface area contributed by atoms with Gasteiger partial charge in [-0.25, -0.2) is 4.79 Å². The molecule has 0 radical (unpaired) electrons. The van der Waals surface area contributed by atoms with E-state index in [-0.39, 0.29) is 24.5 Å². The summed E-state index contributed by atoms with van der Waals surface area (Å²) in [4.78, 5) is 35.0. The summed E-state index contributed by atoms with van der Waals surface area (Å²) in [6, 6.07) is 13.0. The second kappa shape index (κ2) is 7.34. The van der Waals surface area contributed by atoms with Crippen LogP contribution in [0.15, 0.2) is 42.5 Å². The van der Waals surface area contributed by atoms with Crippen molar-refractivity contribution < 1.29 is 19.1 Å². The molecule has 0 spiro atoms. The third kappa shape index (κ3) is 3.96. The monoisotopic (exact) mass is 340 g/mol. The van der Waals surface area contributed by atoms with E-state index in [9.17, 15) is 14.4 Å². The molecule has 2 aromatic rings. The molecule has 1 aliphatic heterocycles. The minimum atomic E-state index is -0.643. The van der Waals surface area contributed by atoms with E-state index in [4.69, 9.17) is 4.74 Å². The van der Waals surface area contributed by atoms with Crippen molar-refractivity contribution in [3.8, 4) is 0 Å². The van der Waals surface area contributed by atoms with Gasteiger partial charge in [-0.3, -0.25) is 9.59 Å². The van der Waals surface area contributed by atoms with Crippen LogP contribution in [-0.2, 0) is 19.1 Å². The summed E-state index contributed by atoms with van der Waals surface area (Å²) >= 11 is 0. The lowest BCUT2D eigenvalue weighted by Gasteiger charge is -2.17. The zero-order chi connectivity index (χ0) is 17.8. The predicted octanol–water partition coefficient (Wildman–Crippen LogP) is 1.84. The molecule has 0 bridgehead atoms. The highest BCUT2D eigenvalue weighted by molar-refractivity contribution is 5.90. The summed E-state index contributed by atoms with van der Waals surface area (Å²) in [5.41, 5.74) is 1.00. The number of benzene rings is 2. The number of ether oxygens (including phenoxy) is 1. The van der Waals surface area contributed by atoms with Crippen molar-refractivity contribution >= 4 is 28.6 Å². The second-order valence-electron chi connectivity index (χ2n) is 6.12. The number of fused-ring (bicyclic) bond motifs is 1. The molecule has 0 unspecified atom stereocenters. The molecule has 6 nitrogen and oxygen atoms in total. The highest BCUT2D eigenvalue weighted by Crippen LogP contribution is 2.23. The fourth-order valence-corrected chi connectivity index (χ4v) is 3.02. The molecule has 0 saturated carbocycles. The van der Waals surface area contributed by atoms with Crippen molar-refractivity contribution in [3.05, 3.63) is 48.0 Å². The van der Waals surface area contributed by atoms with Gasteiger partial charge in [0.05, 0.1) is 6.04 Å². The molecule has 6 heteroatoms. The zero-order valence-corrected chi connectivity index (χ0v) is 14.0. The quantitative estimate of drug-likeness (QED) is 0.814. The lowest BCUT2D eigenvalue weighted by molar-refractivity contribution is -0.150. The maximum atomic E-state index is 12.1. The molecule has 25 heavy (non-hydrogen) atoms. The van der Waals surface area contributed by atoms with E-state index in [1.807, 2.05) is 49.4 Å². The maximum Gasteiger partial charge on any atom is 0.329 e. The van der Waals surface area contributed by atoms with Gasteiger partial charge in [0.25, 0.3) is 5.91 Å². The van der Waals surface area contributed by atoms with Crippen LogP contribution in [0.5, 0.6) is 0 Å². The lowest BCUT2D eigenvalue weighted by Crippen LogP contribution is -2.37. The molecule has 130 valence electrons. The predicted molar refractivity (Wildman–Crippen MR) is 92.6 cm³/mol. The molecule has 0 aliphatic carbocycles. The maximum absolute atomic E-state index is 12.1. The van der Waals surface area contributed by atoms with Gasteiger partial charge in [-0.1, -0.05) is 42.5 Å². The summed E-state index contributed by atoms with van der Waals surface area (Å²) in [6.07, 6.45) is 0.718. The largest absolute Gasteiger partial charge is 0.454 e. The lowest BCUT2D eigenvalue weighted by atomic mass is 10.00. The Hall–Kier alpha value is -2.89. The Balaban J connectivity index is 1.57. The van der Waals surface area contributed by atoms with Gasteiger partial charge in [-0.2, -0.15) is 0 Å². The highest BCUT2D eigenvalue weighted by Gasteiger charge is 2.28. The Morgan fingerprint density at radius 1 is 1.24 bits per heavy atom. The van der Waals surface area contributed by atoms with Crippen LogP contribution in [0.1, 0.15) is 31.4 Å². The van der Waals surface area contributed by atoms with E-state index in [2.05, 4.69) is 10.6 Å². The van der Waals surface area contributed by atoms with Crippen LogP contribution in [0.3, 0.4) is 0 Å². The van der Waals surface area contributed by atoms with Gasteiger partial charge in [-0.15, -0.1) is 0 Å². The third-order valence-corrected chi connectivity index (χ3v) is 4.29. The molecular formula is C19H20N2O4. The SMILES string of the molecule is C[C@H](NC(=O)COC(=O)[C@H]1CCC(=O)N1)c1cccc2ccccc12. The Morgan fingerprint density at radius 3 is 2.76 bits per heavy atom. The van der Waals surface area contributed by atoms with Gasteiger partial charge in [0.1, 0.15) is 6.04 Å². The number of rotatable bonds is 5. The van der Waals surface area contributed by atoms with Gasteiger partial charge in [0.15, 0.2) is 6.61 Å². The number of hydrogen-bond acceptors (Lipinski definition) is 4. The van der Waals surface area contributed by atoms with Crippen molar-refractivity contribution in [2.75, 3.05) is 6.61 Å². The molecule has 2 atom stereocenters. The minimum Gasteiger partial charge on any atom is -0.454 e. The van der Waals surface area contributed by atoms with Crippen molar-refractivity contribution in [1.29, 1.82) is 0 Å². The summed E-state index contributed by atoms with van der Waals surface area (Å²) < 4.78 is 4.99. The van der Waals surface area contributed by atoms with Crippen molar-refractivity contribution in [2.45, 2.75) is 31.8 Å². The van der Waals surface area contributed by atoms with Crippen molar-refractivity contribution in [2.24, 2.45) is 0 Å². The minimum absolute atomic E-state index is 0.170. The number of carbonyl (C=O) groups excluding carboxylic acids is 3. The standard InChI is InChI=1S/C19H20N2O4/c1-12(14-8-4-6-13-5-2-3-7-15(13)14)20-18(23)11-25-19(24)16-9-10-17(22)21-16/h2-8,12,16H,9-11H2,1H3,(H,20,23)(H,21,22)/t12-,16+/m0/s1. The summed E-state index contributed by atoms with van der Waals surface area (Å²) in [5, 5.41) is 7.53. The normalized spacial score (nSPS) is 17.8. The van der Waals surface area contributed by atoms with E-state index in [0.717, 1.165) is 16.3 Å². The van der Waals surface area contributed by atoms with E-state index < -0.39 is 12.0 Å². The third-order valence-electron chi connectivity index (χ3n) is 4.29. The zero-order valence-electron chi connectivity index (χ0n) is 14.0. The molecule has 2 amide bonds. The first kappa shape index (κ1) is 17.0. The number of esters is 1. The first-order valence-corrected chi connectivity index (χ1v) is 8.27. The molecule has 1 aliphatic rings. The Labute approximate surface area is 145 Å². The number of hydrogen-bond donors (Lipinski definition) is 2. The van der Waals surface area contributed by atoms with Crippen LogP contribution < -0.4 is 10.6 Å².